The van der Waals surface area contributed by atoms with E-state index in [0.29, 0.717) is 36.9 Å². The molecule has 1 fully saturated rings. The summed E-state index contributed by atoms with van der Waals surface area (Å²) >= 11 is 0. The van der Waals surface area contributed by atoms with Crippen LogP contribution in [0.25, 0.3) is 10.9 Å². The third-order valence-corrected chi connectivity index (χ3v) is 4.73. The summed E-state index contributed by atoms with van der Waals surface area (Å²) in [7, 11) is 0. The van der Waals surface area contributed by atoms with Crippen molar-refractivity contribution in [2.24, 2.45) is 0 Å². The van der Waals surface area contributed by atoms with Crippen LogP contribution in [0.3, 0.4) is 0 Å². The molecule has 1 saturated heterocycles. The van der Waals surface area contributed by atoms with Gasteiger partial charge in [0, 0.05) is 38.0 Å². The molecule has 0 atom stereocenters. The van der Waals surface area contributed by atoms with E-state index < -0.39 is 0 Å². The lowest BCUT2D eigenvalue weighted by atomic mass is 10.2. The van der Waals surface area contributed by atoms with Crippen molar-refractivity contribution in [2.45, 2.75) is 20.3 Å². The summed E-state index contributed by atoms with van der Waals surface area (Å²) in [5.41, 5.74) is 1.59. The summed E-state index contributed by atoms with van der Waals surface area (Å²) in [6.45, 7) is 6.47. The van der Waals surface area contributed by atoms with Crippen molar-refractivity contribution in [1.29, 1.82) is 0 Å². The Morgan fingerprint density at radius 3 is 2.65 bits per heavy atom. The molecule has 26 heavy (non-hydrogen) atoms. The Hall–Kier alpha value is -2.96. The number of para-hydroxylation sites is 1. The fourth-order valence-corrected chi connectivity index (χ4v) is 3.31. The minimum absolute atomic E-state index is 0.0816. The first-order chi connectivity index (χ1) is 12.7. The van der Waals surface area contributed by atoms with E-state index in [9.17, 15) is 4.79 Å². The summed E-state index contributed by atoms with van der Waals surface area (Å²) in [6.07, 6.45) is 2.28. The Kier molecular flexibility index (Phi) is 4.28. The fraction of sp³-hybridized carbons (Fsp3) is 0.368. The van der Waals surface area contributed by atoms with Crippen molar-refractivity contribution in [3.05, 3.63) is 47.9 Å². The molecule has 0 bridgehead atoms. The second-order valence-electron chi connectivity index (χ2n) is 6.37. The number of nitrogens with zero attached hydrogens (tertiary/aromatic N) is 5. The van der Waals surface area contributed by atoms with Crippen LogP contribution >= 0.6 is 0 Å². The molecule has 0 spiro atoms. The van der Waals surface area contributed by atoms with Crippen molar-refractivity contribution in [3.8, 4) is 0 Å². The molecule has 1 aliphatic rings. The summed E-state index contributed by atoms with van der Waals surface area (Å²) in [6, 6.07) is 7.98. The van der Waals surface area contributed by atoms with Gasteiger partial charge in [0.05, 0.1) is 11.2 Å². The third-order valence-electron chi connectivity index (χ3n) is 4.73. The molecule has 7 heteroatoms. The van der Waals surface area contributed by atoms with E-state index in [1.54, 1.807) is 6.33 Å². The average Bonchev–Trinajstić information content (AvgIpc) is 3.08. The first kappa shape index (κ1) is 16.5. The van der Waals surface area contributed by atoms with Gasteiger partial charge < -0.3 is 14.2 Å². The molecule has 1 amide bonds. The SMILES string of the molecule is CCc1nc(C)c(C(=O)N2CCN(c3ncnc4ccccc34)CC2)o1. The second-order valence-corrected chi connectivity index (χ2v) is 6.37. The zero-order valence-electron chi connectivity index (χ0n) is 15.0. The van der Waals surface area contributed by atoms with E-state index in [1.807, 2.05) is 43.0 Å². The molecule has 0 saturated carbocycles. The highest BCUT2D eigenvalue weighted by molar-refractivity contribution is 5.93. The number of hydrogen-bond acceptors (Lipinski definition) is 6. The number of rotatable bonds is 3. The van der Waals surface area contributed by atoms with Gasteiger partial charge in [0.1, 0.15) is 12.1 Å². The number of carbonyl (C=O) groups excluding carboxylic acids is 1. The van der Waals surface area contributed by atoms with E-state index >= 15 is 0 Å². The zero-order valence-corrected chi connectivity index (χ0v) is 15.0. The van der Waals surface area contributed by atoms with Crippen molar-refractivity contribution >= 4 is 22.6 Å². The van der Waals surface area contributed by atoms with Crippen LogP contribution in [0.15, 0.2) is 35.0 Å². The Labute approximate surface area is 151 Å². The molecule has 1 aromatic carbocycles. The number of anilines is 1. The quantitative estimate of drug-likeness (QED) is 0.721. The summed E-state index contributed by atoms with van der Waals surface area (Å²) < 4.78 is 5.61. The number of oxazole rings is 1. The van der Waals surface area contributed by atoms with Crippen LogP contribution in [0.1, 0.15) is 29.1 Å². The fourth-order valence-electron chi connectivity index (χ4n) is 3.31. The number of hydrogen-bond donors (Lipinski definition) is 0. The average molecular weight is 351 g/mol. The number of carbonyl (C=O) groups is 1. The van der Waals surface area contributed by atoms with Crippen molar-refractivity contribution < 1.29 is 9.21 Å². The molecule has 3 heterocycles. The zero-order chi connectivity index (χ0) is 18.1. The Balaban J connectivity index is 1.50. The van der Waals surface area contributed by atoms with Gasteiger partial charge in [0.25, 0.3) is 5.91 Å². The lowest BCUT2D eigenvalue weighted by molar-refractivity contribution is 0.0711. The predicted molar refractivity (Wildman–Crippen MR) is 98.3 cm³/mol. The van der Waals surface area contributed by atoms with Crippen LogP contribution in [0.4, 0.5) is 5.82 Å². The molecule has 3 aromatic rings. The first-order valence-corrected chi connectivity index (χ1v) is 8.87. The standard InChI is InChI=1S/C19H21N5O2/c1-3-16-22-13(2)17(26-16)19(25)24-10-8-23(9-11-24)18-14-6-4-5-7-15(14)20-12-21-18/h4-7,12H,3,8-11H2,1-2H3. The summed E-state index contributed by atoms with van der Waals surface area (Å²) in [5, 5.41) is 1.04. The maximum Gasteiger partial charge on any atom is 0.291 e. The molecule has 7 nitrogen and oxygen atoms in total. The number of fused-ring (bicyclic) bond motifs is 1. The molecule has 0 aliphatic carbocycles. The van der Waals surface area contributed by atoms with E-state index in [-0.39, 0.29) is 5.91 Å². The van der Waals surface area contributed by atoms with Crippen molar-refractivity contribution in [1.82, 2.24) is 19.9 Å². The Morgan fingerprint density at radius 2 is 1.92 bits per heavy atom. The highest BCUT2D eigenvalue weighted by atomic mass is 16.4. The Morgan fingerprint density at radius 1 is 1.15 bits per heavy atom. The van der Waals surface area contributed by atoms with Gasteiger partial charge in [-0.05, 0) is 19.1 Å². The van der Waals surface area contributed by atoms with Gasteiger partial charge in [-0.15, -0.1) is 0 Å². The maximum absolute atomic E-state index is 12.8. The maximum atomic E-state index is 12.8. The van der Waals surface area contributed by atoms with Gasteiger partial charge in [-0.1, -0.05) is 19.1 Å². The van der Waals surface area contributed by atoms with Gasteiger partial charge in [-0.25, -0.2) is 15.0 Å². The largest absolute Gasteiger partial charge is 0.435 e. The van der Waals surface area contributed by atoms with Gasteiger partial charge in [0.15, 0.2) is 5.89 Å². The highest BCUT2D eigenvalue weighted by Gasteiger charge is 2.27. The van der Waals surface area contributed by atoms with Crippen LogP contribution in [-0.4, -0.2) is 51.9 Å². The minimum Gasteiger partial charge on any atom is -0.435 e. The lowest BCUT2D eigenvalue weighted by Gasteiger charge is -2.35. The molecule has 0 unspecified atom stereocenters. The first-order valence-electron chi connectivity index (χ1n) is 8.87. The molecule has 0 N–H and O–H groups in total. The van der Waals surface area contributed by atoms with E-state index in [2.05, 4.69) is 19.9 Å². The summed E-state index contributed by atoms with van der Waals surface area (Å²) in [5.74, 6) is 1.81. The molecular weight excluding hydrogens is 330 g/mol. The number of benzene rings is 1. The monoisotopic (exact) mass is 351 g/mol. The molecule has 1 aliphatic heterocycles. The minimum atomic E-state index is -0.0816. The van der Waals surface area contributed by atoms with E-state index in [1.165, 1.54) is 0 Å². The van der Waals surface area contributed by atoms with Crippen LogP contribution in [0, 0.1) is 6.92 Å². The third kappa shape index (κ3) is 2.89. The molecule has 2 aromatic heterocycles. The van der Waals surface area contributed by atoms with Crippen molar-refractivity contribution in [2.75, 3.05) is 31.1 Å². The molecule has 134 valence electrons. The normalized spacial score (nSPS) is 14.8. The van der Waals surface area contributed by atoms with Gasteiger partial charge >= 0.3 is 0 Å². The second kappa shape index (κ2) is 6.74. The van der Waals surface area contributed by atoms with Gasteiger partial charge in [-0.3, -0.25) is 4.79 Å². The number of piperazine rings is 1. The predicted octanol–water partition coefficient (Wildman–Crippen LogP) is 2.45. The van der Waals surface area contributed by atoms with Crippen molar-refractivity contribution in [3.63, 3.8) is 0 Å². The van der Waals surface area contributed by atoms with Crippen LogP contribution < -0.4 is 4.90 Å². The topological polar surface area (TPSA) is 75.4 Å². The number of aryl methyl sites for hydroxylation is 2. The summed E-state index contributed by atoms with van der Waals surface area (Å²) in [4.78, 5) is 29.9. The van der Waals surface area contributed by atoms with Gasteiger partial charge in [-0.2, -0.15) is 0 Å². The highest BCUT2D eigenvalue weighted by Crippen LogP contribution is 2.24. The van der Waals surface area contributed by atoms with Gasteiger partial charge in [0.2, 0.25) is 5.76 Å². The molecule has 0 radical (unpaired) electrons. The smallest absolute Gasteiger partial charge is 0.291 e. The van der Waals surface area contributed by atoms with Crippen LogP contribution in [0.5, 0.6) is 0 Å². The van der Waals surface area contributed by atoms with E-state index in [0.717, 1.165) is 29.8 Å². The van der Waals surface area contributed by atoms with E-state index in [4.69, 9.17) is 4.42 Å². The lowest BCUT2D eigenvalue weighted by Crippen LogP contribution is -2.49. The van der Waals surface area contributed by atoms with Crippen LogP contribution in [0.2, 0.25) is 0 Å². The van der Waals surface area contributed by atoms with Crippen LogP contribution in [-0.2, 0) is 6.42 Å². The molecule has 4 rings (SSSR count). The number of amides is 1. The Bertz CT molecular complexity index is 939. The molecular formula is C19H21N5O2. The number of aromatic nitrogens is 3.